The number of rotatable bonds is 8. The molecule has 1 saturated heterocycles. The second-order valence-electron chi connectivity index (χ2n) is 7.35. The van der Waals surface area contributed by atoms with Gasteiger partial charge in [-0.25, -0.2) is 0 Å². The minimum absolute atomic E-state index is 0.0586. The Labute approximate surface area is 172 Å². The van der Waals surface area contributed by atoms with E-state index in [0.29, 0.717) is 18.9 Å². The highest BCUT2D eigenvalue weighted by molar-refractivity contribution is 5.78. The van der Waals surface area contributed by atoms with E-state index < -0.39 is 0 Å². The van der Waals surface area contributed by atoms with Gasteiger partial charge in [-0.1, -0.05) is 18.2 Å². The van der Waals surface area contributed by atoms with Gasteiger partial charge in [0.15, 0.2) is 11.5 Å². The standard InChI is InChI=1S/C23H30N2O4/c1-3-29-22-14-18(6-9-21(22)26)16-25-12-10-19(11-13-25)23(27)24-15-17-4-7-20(28-2)8-5-17/h4-9,14,19,26H,3,10-13,15-16H2,1-2H3,(H,24,27). The zero-order valence-electron chi connectivity index (χ0n) is 17.2. The molecule has 2 aromatic rings. The summed E-state index contributed by atoms with van der Waals surface area (Å²) in [6, 6.07) is 13.2. The van der Waals surface area contributed by atoms with Gasteiger partial charge in [0.05, 0.1) is 13.7 Å². The van der Waals surface area contributed by atoms with Gasteiger partial charge in [0.1, 0.15) is 5.75 Å². The normalized spacial score (nSPS) is 15.1. The summed E-state index contributed by atoms with van der Waals surface area (Å²) in [5.41, 5.74) is 2.17. The van der Waals surface area contributed by atoms with Gasteiger partial charge in [0.25, 0.3) is 0 Å². The van der Waals surface area contributed by atoms with E-state index >= 15 is 0 Å². The number of methoxy groups -OCH3 is 1. The Hall–Kier alpha value is -2.73. The van der Waals surface area contributed by atoms with Crippen molar-refractivity contribution in [1.82, 2.24) is 10.2 Å². The zero-order chi connectivity index (χ0) is 20.6. The van der Waals surface area contributed by atoms with Crippen LogP contribution in [0.3, 0.4) is 0 Å². The summed E-state index contributed by atoms with van der Waals surface area (Å²) in [5, 5.41) is 12.9. The topological polar surface area (TPSA) is 71.0 Å². The molecular weight excluding hydrogens is 368 g/mol. The molecule has 3 rings (SSSR count). The van der Waals surface area contributed by atoms with Crippen molar-refractivity contribution in [2.24, 2.45) is 5.92 Å². The van der Waals surface area contributed by atoms with Crippen molar-refractivity contribution in [1.29, 1.82) is 0 Å². The molecule has 0 radical (unpaired) electrons. The van der Waals surface area contributed by atoms with Crippen molar-refractivity contribution in [2.45, 2.75) is 32.9 Å². The molecule has 2 N–H and O–H groups in total. The van der Waals surface area contributed by atoms with E-state index in [1.807, 2.05) is 43.3 Å². The lowest BCUT2D eigenvalue weighted by atomic mass is 9.95. The monoisotopic (exact) mass is 398 g/mol. The van der Waals surface area contributed by atoms with Gasteiger partial charge in [-0.15, -0.1) is 0 Å². The molecule has 0 saturated carbocycles. The van der Waals surface area contributed by atoms with Crippen LogP contribution in [0, 0.1) is 5.92 Å². The summed E-state index contributed by atoms with van der Waals surface area (Å²) in [4.78, 5) is 14.9. The maximum atomic E-state index is 12.5. The molecule has 6 heteroatoms. The van der Waals surface area contributed by atoms with Crippen molar-refractivity contribution in [3.8, 4) is 17.2 Å². The van der Waals surface area contributed by atoms with Gasteiger partial charge in [0, 0.05) is 19.0 Å². The maximum absolute atomic E-state index is 12.5. The molecular formula is C23H30N2O4. The molecule has 1 fully saturated rings. The summed E-state index contributed by atoms with van der Waals surface area (Å²) in [5.74, 6) is 1.70. The molecule has 0 aliphatic carbocycles. The predicted octanol–water partition coefficient (Wildman–Crippen LogP) is 3.33. The van der Waals surface area contributed by atoms with Crippen molar-refractivity contribution in [3.05, 3.63) is 53.6 Å². The fourth-order valence-corrected chi connectivity index (χ4v) is 3.62. The van der Waals surface area contributed by atoms with Crippen LogP contribution in [0.5, 0.6) is 17.2 Å². The van der Waals surface area contributed by atoms with Gasteiger partial charge in [-0.2, -0.15) is 0 Å². The van der Waals surface area contributed by atoms with Crippen LogP contribution in [0.15, 0.2) is 42.5 Å². The maximum Gasteiger partial charge on any atom is 0.223 e. The SMILES string of the molecule is CCOc1cc(CN2CCC(C(=O)NCc3ccc(OC)cc3)CC2)ccc1O. The lowest BCUT2D eigenvalue weighted by Gasteiger charge is -2.31. The van der Waals surface area contributed by atoms with E-state index in [1.165, 1.54) is 0 Å². The molecule has 156 valence electrons. The van der Waals surface area contributed by atoms with Gasteiger partial charge in [-0.05, 0) is 68.2 Å². The first-order valence-corrected chi connectivity index (χ1v) is 10.2. The Morgan fingerprint density at radius 2 is 1.83 bits per heavy atom. The molecule has 0 bridgehead atoms. The number of phenolic OH excluding ortho intramolecular Hbond substituents is 1. The van der Waals surface area contributed by atoms with E-state index in [2.05, 4.69) is 10.2 Å². The number of amides is 1. The summed E-state index contributed by atoms with van der Waals surface area (Å²) >= 11 is 0. The molecule has 6 nitrogen and oxygen atoms in total. The third-order valence-electron chi connectivity index (χ3n) is 5.31. The number of piperidine rings is 1. The molecule has 1 amide bonds. The quantitative estimate of drug-likeness (QED) is 0.714. The molecule has 0 aromatic heterocycles. The lowest BCUT2D eigenvalue weighted by Crippen LogP contribution is -2.40. The Kier molecular flexibility index (Phi) is 7.36. The van der Waals surface area contributed by atoms with Gasteiger partial charge in [-0.3, -0.25) is 9.69 Å². The van der Waals surface area contributed by atoms with Gasteiger partial charge >= 0.3 is 0 Å². The van der Waals surface area contributed by atoms with Crippen LogP contribution < -0.4 is 14.8 Å². The van der Waals surface area contributed by atoms with Crippen LogP contribution >= 0.6 is 0 Å². The molecule has 2 aromatic carbocycles. The van der Waals surface area contributed by atoms with Crippen LogP contribution in [0.1, 0.15) is 30.9 Å². The van der Waals surface area contributed by atoms with E-state index in [9.17, 15) is 9.90 Å². The molecule has 1 aliphatic heterocycles. The summed E-state index contributed by atoms with van der Waals surface area (Å²) < 4.78 is 10.6. The van der Waals surface area contributed by atoms with Crippen LogP contribution in [0.2, 0.25) is 0 Å². The van der Waals surface area contributed by atoms with Gasteiger partial charge < -0.3 is 19.9 Å². The largest absolute Gasteiger partial charge is 0.504 e. The number of nitrogens with zero attached hydrogens (tertiary/aromatic N) is 1. The van der Waals surface area contributed by atoms with Crippen LogP contribution in [-0.2, 0) is 17.9 Å². The van der Waals surface area contributed by atoms with Crippen molar-refractivity contribution in [3.63, 3.8) is 0 Å². The number of carbonyl (C=O) groups excluding carboxylic acids is 1. The van der Waals surface area contributed by atoms with E-state index in [4.69, 9.17) is 9.47 Å². The number of carbonyl (C=O) groups is 1. The summed E-state index contributed by atoms with van der Waals surface area (Å²) in [6.45, 7) is 5.51. The first-order valence-electron chi connectivity index (χ1n) is 10.2. The number of likely N-dealkylation sites (tertiary alicyclic amines) is 1. The number of phenols is 1. The number of nitrogens with one attached hydrogen (secondary N) is 1. The van der Waals surface area contributed by atoms with Crippen molar-refractivity contribution in [2.75, 3.05) is 26.8 Å². The van der Waals surface area contributed by atoms with Crippen molar-refractivity contribution < 1.29 is 19.4 Å². The Morgan fingerprint density at radius 3 is 2.48 bits per heavy atom. The van der Waals surface area contributed by atoms with E-state index in [1.54, 1.807) is 13.2 Å². The van der Waals surface area contributed by atoms with Crippen molar-refractivity contribution >= 4 is 5.91 Å². The van der Waals surface area contributed by atoms with Gasteiger partial charge in [0.2, 0.25) is 5.91 Å². The average Bonchev–Trinajstić information content (AvgIpc) is 2.75. The fraction of sp³-hybridized carbons (Fsp3) is 0.435. The number of hydrogen-bond acceptors (Lipinski definition) is 5. The van der Waals surface area contributed by atoms with Crippen LogP contribution in [0.25, 0.3) is 0 Å². The van der Waals surface area contributed by atoms with E-state index in [0.717, 1.165) is 49.4 Å². The molecule has 29 heavy (non-hydrogen) atoms. The third kappa shape index (κ3) is 5.87. The number of benzene rings is 2. The minimum atomic E-state index is 0.0586. The highest BCUT2D eigenvalue weighted by atomic mass is 16.5. The molecule has 1 heterocycles. The Morgan fingerprint density at radius 1 is 1.14 bits per heavy atom. The Bertz CT molecular complexity index is 799. The minimum Gasteiger partial charge on any atom is -0.504 e. The molecule has 1 aliphatic rings. The third-order valence-corrected chi connectivity index (χ3v) is 5.31. The Balaban J connectivity index is 1.44. The highest BCUT2D eigenvalue weighted by Crippen LogP contribution is 2.28. The molecule has 0 atom stereocenters. The molecule has 0 unspecified atom stereocenters. The highest BCUT2D eigenvalue weighted by Gasteiger charge is 2.25. The first-order chi connectivity index (χ1) is 14.1. The van der Waals surface area contributed by atoms with Crippen LogP contribution in [0.4, 0.5) is 0 Å². The number of ether oxygens (including phenoxy) is 2. The van der Waals surface area contributed by atoms with Crippen LogP contribution in [-0.4, -0.2) is 42.7 Å². The second kappa shape index (κ2) is 10.2. The smallest absolute Gasteiger partial charge is 0.223 e. The zero-order valence-corrected chi connectivity index (χ0v) is 17.2. The average molecular weight is 399 g/mol. The number of hydrogen-bond donors (Lipinski definition) is 2. The number of aromatic hydroxyl groups is 1. The predicted molar refractivity (Wildman–Crippen MR) is 112 cm³/mol. The first kappa shape index (κ1) is 21.0. The lowest BCUT2D eigenvalue weighted by molar-refractivity contribution is -0.126. The summed E-state index contributed by atoms with van der Waals surface area (Å²) in [7, 11) is 1.64. The van der Waals surface area contributed by atoms with E-state index in [-0.39, 0.29) is 17.6 Å². The second-order valence-corrected chi connectivity index (χ2v) is 7.35. The fourth-order valence-electron chi connectivity index (χ4n) is 3.62. The summed E-state index contributed by atoms with van der Waals surface area (Å²) in [6.07, 6.45) is 1.70. The molecule has 0 spiro atoms.